The van der Waals surface area contributed by atoms with Crippen molar-refractivity contribution in [2.24, 2.45) is 0 Å². The summed E-state index contributed by atoms with van der Waals surface area (Å²) in [5, 5.41) is 3.30. The molecule has 0 aliphatic carbocycles. The van der Waals surface area contributed by atoms with Crippen molar-refractivity contribution in [3.05, 3.63) is 35.7 Å². The summed E-state index contributed by atoms with van der Waals surface area (Å²) in [7, 11) is -2.72. The van der Waals surface area contributed by atoms with E-state index < -0.39 is 19.4 Å². The summed E-state index contributed by atoms with van der Waals surface area (Å²) in [6, 6.07) is 6.39. The van der Waals surface area contributed by atoms with E-state index >= 15 is 0 Å². The van der Waals surface area contributed by atoms with E-state index in [0.29, 0.717) is 12.2 Å². The van der Waals surface area contributed by atoms with Crippen molar-refractivity contribution in [1.29, 1.82) is 0 Å². The molecule has 0 aliphatic heterocycles. The van der Waals surface area contributed by atoms with Crippen molar-refractivity contribution < 1.29 is 26.8 Å². The third-order valence-electron chi connectivity index (χ3n) is 2.75. The summed E-state index contributed by atoms with van der Waals surface area (Å²) in [5.41, 5.74) is 1.13. The topological polar surface area (TPSA) is 65.2 Å². The smallest absolute Gasteiger partial charge is 0.329 e. The van der Waals surface area contributed by atoms with Gasteiger partial charge in [0.1, 0.15) is 0 Å². The van der Waals surface area contributed by atoms with E-state index in [4.69, 9.17) is 4.52 Å². The lowest BCUT2D eigenvalue weighted by Gasteiger charge is -2.12. The van der Waals surface area contributed by atoms with Crippen LogP contribution in [0.5, 0.6) is 0 Å². The first-order valence-electron chi connectivity index (χ1n) is 6.42. The molecule has 2 aromatic rings. The molecule has 22 heavy (non-hydrogen) atoms. The van der Waals surface area contributed by atoms with Crippen molar-refractivity contribution in [3.8, 4) is 11.4 Å². The van der Waals surface area contributed by atoms with Gasteiger partial charge in [0, 0.05) is 18.4 Å². The minimum absolute atomic E-state index is 0.150. The molecule has 1 unspecified atom stereocenters. The molecule has 120 valence electrons. The van der Waals surface area contributed by atoms with E-state index in [1.165, 1.54) is 0 Å². The zero-order chi connectivity index (χ0) is 16.4. The number of aromatic nitrogens is 2. The minimum atomic E-state index is -4.67. The minimum Gasteiger partial charge on any atom is -0.329 e. The van der Waals surface area contributed by atoms with Gasteiger partial charge in [-0.25, -0.2) is 0 Å². The summed E-state index contributed by atoms with van der Waals surface area (Å²) >= 11 is 0. The molecule has 1 aromatic carbocycles. The molecule has 1 heterocycles. The second-order valence-corrected chi connectivity index (χ2v) is 7.31. The third kappa shape index (κ3) is 4.18. The largest absolute Gasteiger partial charge is 0.471 e. The highest BCUT2D eigenvalue weighted by Crippen LogP contribution is 2.46. The van der Waals surface area contributed by atoms with Crippen LogP contribution in [0.25, 0.3) is 11.4 Å². The molecule has 0 aliphatic rings. The first-order chi connectivity index (χ1) is 10.2. The zero-order valence-corrected chi connectivity index (χ0v) is 12.8. The average Bonchev–Trinajstić information content (AvgIpc) is 2.88. The van der Waals surface area contributed by atoms with Crippen LogP contribution in [0.15, 0.2) is 28.8 Å². The Morgan fingerprint density at radius 2 is 1.91 bits per heavy atom. The Bertz CT molecular complexity index is 683. The van der Waals surface area contributed by atoms with Crippen LogP contribution in [0.1, 0.15) is 18.4 Å². The predicted octanol–water partition coefficient (Wildman–Crippen LogP) is 4.20. The lowest BCUT2D eigenvalue weighted by Crippen LogP contribution is -2.04. The fourth-order valence-electron chi connectivity index (χ4n) is 1.87. The highest BCUT2D eigenvalue weighted by molar-refractivity contribution is 7.57. The monoisotopic (exact) mass is 334 g/mol. The maximum Gasteiger partial charge on any atom is 0.471 e. The zero-order valence-electron chi connectivity index (χ0n) is 11.9. The van der Waals surface area contributed by atoms with E-state index in [-0.39, 0.29) is 12.0 Å². The number of rotatable bonds is 5. The van der Waals surface area contributed by atoms with Gasteiger partial charge in [-0.2, -0.15) is 18.2 Å². The SMILES string of the molecule is CCOP(C)(=O)Cc1ccc(-c2noc(C(F)(F)F)n2)cc1. The highest BCUT2D eigenvalue weighted by Gasteiger charge is 2.38. The Morgan fingerprint density at radius 3 is 2.41 bits per heavy atom. The standard InChI is InChI=1S/C13H14F3N2O3P/c1-3-20-22(2,19)8-9-4-6-10(7-5-9)11-17-12(21-18-11)13(14,15)16/h4-7H,3,8H2,1-2H3. The quantitative estimate of drug-likeness (QED) is 0.767. The number of benzene rings is 1. The Labute approximate surface area is 124 Å². The molecule has 0 radical (unpaired) electrons. The number of hydrogen-bond donors (Lipinski definition) is 0. The number of nitrogens with zero attached hydrogens (tertiary/aromatic N) is 2. The molecule has 0 saturated carbocycles. The van der Waals surface area contributed by atoms with Gasteiger partial charge < -0.3 is 9.05 Å². The van der Waals surface area contributed by atoms with Gasteiger partial charge >= 0.3 is 12.1 Å². The van der Waals surface area contributed by atoms with E-state index in [2.05, 4.69) is 14.7 Å². The number of alkyl halides is 3. The Kier molecular flexibility index (Phi) is 4.72. The lowest BCUT2D eigenvalue weighted by atomic mass is 10.1. The van der Waals surface area contributed by atoms with E-state index in [0.717, 1.165) is 5.56 Å². The Balaban J connectivity index is 2.15. The van der Waals surface area contributed by atoms with Gasteiger partial charge in [-0.15, -0.1) is 0 Å². The third-order valence-corrected chi connectivity index (χ3v) is 4.50. The number of halogens is 3. The van der Waals surface area contributed by atoms with Crippen LogP contribution in [0.4, 0.5) is 13.2 Å². The van der Waals surface area contributed by atoms with Crippen LogP contribution in [0, 0.1) is 0 Å². The first-order valence-corrected chi connectivity index (χ1v) is 8.68. The second-order valence-electron chi connectivity index (χ2n) is 4.71. The van der Waals surface area contributed by atoms with Gasteiger partial charge in [0.05, 0.1) is 6.61 Å². The van der Waals surface area contributed by atoms with Crippen molar-refractivity contribution in [1.82, 2.24) is 10.1 Å². The van der Waals surface area contributed by atoms with Gasteiger partial charge in [0.15, 0.2) is 0 Å². The van der Waals surface area contributed by atoms with Crippen LogP contribution in [-0.4, -0.2) is 23.4 Å². The van der Waals surface area contributed by atoms with Crippen LogP contribution < -0.4 is 0 Å². The molecule has 0 fully saturated rings. The molecule has 1 atom stereocenters. The molecular formula is C13H14F3N2O3P. The molecule has 9 heteroatoms. The van der Waals surface area contributed by atoms with Gasteiger partial charge in [0.2, 0.25) is 13.2 Å². The summed E-state index contributed by atoms with van der Waals surface area (Å²) in [5.74, 6) is -1.54. The Morgan fingerprint density at radius 1 is 1.27 bits per heavy atom. The second kappa shape index (κ2) is 6.22. The molecule has 2 rings (SSSR count). The van der Waals surface area contributed by atoms with Gasteiger partial charge in [0.25, 0.3) is 0 Å². The molecule has 0 N–H and O–H groups in total. The summed E-state index contributed by atoms with van der Waals surface area (Å²) < 4.78 is 58.6. The van der Waals surface area contributed by atoms with Crippen molar-refractivity contribution in [3.63, 3.8) is 0 Å². The molecule has 0 bridgehead atoms. The maximum absolute atomic E-state index is 12.4. The van der Waals surface area contributed by atoms with Gasteiger partial charge in [-0.3, -0.25) is 4.57 Å². The molecule has 0 spiro atoms. The van der Waals surface area contributed by atoms with Crippen molar-refractivity contribution in [2.75, 3.05) is 13.3 Å². The first kappa shape index (κ1) is 16.7. The van der Waals surface area contributed by atoms with E-state index in [9.17, 15) is 17.7 Å². The maximum atomic E-state index is 12.4. The lowest BCUT2D eigenvalue weighted by molar-refractivity contribution is -0.159. The predicted molar refractivity (Wildman–Crippen MR) is 73.6 cm³/mol. The highest BCUT2D eigenvalue weighted by atomic mass is 31.2. The van der Waals surface area contributed by atoms with Crippen LogP contribution in [-0.2, 0) is 21.4 Å². The molecule has 5 nitrogen and oxygen atoms in total. The fourth-order valence-corrected chi connectivity index (χ4v) is 3.38. The van der Waals surface area contributed by atoms with Crippen molar-refractivity contribution in [2.45, 2.75) is 19.3 Å². The Hall–Kier alpha value is -1.66. The summed E-state index contributed by atoms with van der Waals surface area (Å²) in [6.07, 6.45) is -4.42. The van der Waals surface area contributed by atoms with E-state index in [1.807, 2.05) is 0 Å². The fraction of sp³-hybridized carbons (Fsp3) is 0.385. The average molecular weight is 334 g/mol. The van der Waals surface area contributed by atoms with Gasteiger partial charge in [-0.1, -0.05) is 29.4 Å². The molecule has 0 amide bonds. The molecule has 0 saturated heterocycles. The van der Waals surface area contributed by atoms with E-state index in [1.54, 1.807) is 37.9 Å². The van der Waals surface area contributed by atoms with Gasteiger partial charge in [-0.05, 0) is 12.5 Å². The molecule has 1 aromatic heterocycles. The summed E-state index contributed by atoms with van der Waals surface area (Å²) in [6.45, 7) is 3.65. The molecular weight excluding hydrogens is 320 g/mol. The van der Waals surface area contributed by atoms with Crippen molar-refractivity contribution >= 4 is 7.37 Å². The van der Waals surface area contributed by atoms with Crippen LogP contribution >= 0.6 is 7.37 Å². The normalized spacial score (nSPS) is 14.8. The van der Waals surface area contributed by atoms with Crippen LogP contribution in [0.3, 0.4) is 0 Å². The van der Waals surface area contributed by atoms with Crippen LogP contribution in [0.2, 0.25) is 0 Å². The summed E-state index contributed by atoms with van der Waals surface area (Å²) in [4.78, 5) is 3.30. The number of hydrogen-bond acceptors (Lipinski definition) is 5.